The van der Waals surface area contributed by atoms with Gasteiger partial charge in [-0.1, -0.05) is 49.2 Å². The molecule has 122 valence electrons. The van der Waals surface area contributed by atoms with Gasteiger partial charge in [-0.25, -0.2) is 9.67 Å². The molecule has 1 N–H and O–H groups in total. The van der Waals surface area contributed by atoms with Crippen LogP contribution in [0.3, 0.4) is 0 Å². The zero-order valence-electron chi connectivity index (χ0n) is 13.1. The number of carbonyl (C=O) groups excluding carboxylic acids is 1. The molecule has 0 radical (unpaired) electrons. The molecule has 0 unspecified atom stereocenters. The van der Waals surface area contributed by atoms with Crippen molar-refractivity contribution < 1.29 is 4.79 Å². The van der Waals surface area contributed by atoms with Gasteiger partial charge in [-0.3, -0.25) is 4.79 Å². The van der Waals surface area contributed by atoms with Crippen LogP contribution in [0.2, 0.25) is 0 Å². The van der Waals surface area contributed by atoms with Crippen molar-refractivity contribution in [1.82, 2.24) is 20.1 Å². The number of aromatic nitrogens is 3. The molecule has 1 aliphatic carbocycles. The summed E-state index contributed by atoms with van der Waals surface area (Å²) in [6.07, 6.45) is 8.12. The van der Waals surface area contributed by atoms with Gasteiger partial charge < -0.3 is 5.32 Å². The summed E-state index contributed by atoms with van der Waals surface area (Å²) in [6, 6.07) is 9.83. The second kappa shape index (κ2) is 8.15. The van der Waals surface area contributed by atoms with Crippen LogP contribution in [0.4, 0.5) is 0 Å². The van der Waals surface area contributed by atoms with Crippen molar-refractivity contribution in [1.29, 1.82) is 0 Å². The average molecular weight is 330 g/mol. The molecule has 2 aromatic rings. The molecule has 1 amide bonds. The van der Waals surface area contributed by atoms with Gasteiger partial charge in [0.25, 0.3) is 0 Å². The third-order valence-corrected chi connectivity index (χ3v) is 4.99. The Morgan fingerprint density at radius 3 is 2.78 bits per heavy atom. The fourth-order valence-electron chi connectivity index (χ4n) is 2.85. The lowest BCUT2D eigenvalue weighted by atomic mass is 9.89. The molecule has 1 aliphatic rings. The van der Waals surface area contributed by atoms with Gasteiger partial charge >= 0.3 is 0 Å². The number of hydrogen-bond acceptors (Lipinski definition) is 4. The Kier molecular flexibility index (Phi) is 5.69. The first-order valence-corrected chi connectivity index (χ1v) is 9.16. The molecule has 0 atom stereocenters. The minimum absolute atomic E-state index is 0.0663. The van der Waals surface area contributed by atoms with Crippen LogP contribution in [-0.4, -0.2) is 33.0 Å². The Morgan fingerprint density at radius 1 is 1.22 bits per heavy atom. The van der Waals surface area contributed by atoms with Crippen molar-refractivity contribution in [2.75, 3.05) is 12.3 Å². The normalized spacial score (nSPS) is 15.5. The number of amides is 1. The number of nitrogens with zero attached hydrogens (tertiary/aromatic N) is 3. The van der Waals surface area contributed by atoms with Gasteiger partial charge in [-0.15, -0.1) is 5.10 Å². The SMILES string of the molecule is O=C(CSc1ncn(-c2ccccc2)n1)NCC1CCCCC1. The fourth-order valence-corrected chi connectivity index (χ4v) is 3.48. The van der Waals surface area contributed by atoms with E-state index in [1.54, 1.807) is 11.0 Å². The second-order valence-electron chi connectivity index (χ2n) is 5.90. The van der Waals surface area contributed by atoms with Gasteiger partial charge in [0.15, 0.2) is 0 Å². The summed E-state index contributed by atoms with van der Waals surface area (Å²) in [5.74, 6) is 1.09. The van der Waals surface area contributed by atoms with Crippen LogP contribution in [0.15, 0.2) is 41.8 Å². The van der Waals surface area contributed by atoms with E-state index in [9.17, 15) is 4.79 Å². The Bertz CT molecular complexity index is 623. The quantitative estimate of drug-likeness (QED) is 0.827. The first-order chi connectivity index (χ1) is 11.3. The molecule has 6 heteroatoms. The zero-order valence-corrected chi connectivity index (χ0v) is 14.0. The average Bonchev–Trinajstić information content (AvgIpc) is 3.09. The summed E-state index contributed by atoms with van der Waals surface area (Å²) in [7, 11) is 0. The monoisotopic (exact) mass is 330 g/mol. The van der Waals surface area contributed by atoms with E-state index in [4.69, 9.17) is 0 Å². The molecule has 0 spiro atoms. The van der Waals surface area contributed by atoms with Crippen molar-refractivity contribution in [3.63, 3.8) is 0 Å². The summed E-state index contributed by atoms with van der Waals surface area (Å²) in [5.41, 5.74) is 0.966. The van der Waals surface area contributed by atoms with Gasteiger partial charge in [0.2, 0.25) is 11.1 Å². The van der Waals surface area contributed by atoms with E-state index < -0.39 is 0 Å². The van der Waals surface area contributed by atoms with Crippen molar-refractivity contribution >= 4 is 17.7 Å². The number of para-hydroxylation sites is 1. The van der Waals surface area contributed by atoms with Gasteiger partial charge in [-0.05, 0) is 30.9 Å². The van der Waals surface area contributed by atoms with E-state index in [-0.39, 0.29) is 5.91 Å². The maximum atomic E-state index is 11.9. The van der Waals surface area contributed by atoms with Gasteiger partial charge in [0, 0.05) is 6.54 Å². The highest BCUT2D eigenvalue weighted by molar-refractivity contribution is 7.99. The largest absolute Gasteiger partial charge is 0.355 e. The molecule has 0 saturated heterocycles. The molecule has 1 heterocycles. The summed E-state index contributed by atoms with van der Waals surface area (Å²) in [6.45, 7) is 0.811. The van der Waals surface area contributed by atoms with E-state index in [2.05, 4.69) is 15.4 Å². The Labute approximate surface area is 140 Å². The number of benzene rings is 1. The lowest BCUT2D eigenvalue weighted by Gasteiger charge is -2.21. The second-order valence-corrected chi connectivity index (χ2v) is 6.85. The Balaban J connectivity index is 1.43. The van der Waals surface area contributed by atoms with Crippen LogP contribution in [0, 0.1) is 5.92 Å². The van der Waals surface area contributed by atoms with Crippen molar-refractivity contribution in [2.24, 2.45) is 5.92 Å². The minimum atomic E-state index is 0.0663. The third kappa shape index (κ3) is 4.82. The predicted octanol–water partition coefficient (Wildman–Crippen LogP) is 3.06. The highest BCUT2D eigenvalue weighted by Gasteiger charge is 2.14. The van der Waals surface area contributed by atoms with Gasteiger partial charge in [-0.2, -0.15) is 0 Å². The standard InChI is InChI=1S/C17H22N4OS/c22-16(18-11-14-7-3-1-4-8-14)12-23-17-19-13-21(20-17)15-9-5-2-6-10-15/h2,5-6,9-10,13-14H,1,3-4,7-8,11-12H2,(H,18,22). The van der Waals surface area contributed by atoms with E-state index in [0.717, 1.165) is 12.2 Å². The molecule has 1 aromatic heterocycles. The van der Waals surface area contributed by atoms with Crippen LogP contribution in [-0.2, 0) is 4.79 Å². The number of rotatable bonds is 6. The van der Waals surface area contributed by atoms with Crippen LogP contribution in [0.1, 0.15) is 32.1 Å². The first kappa shape index (κ1) is 16.1. The molecule has 1 fully saturated rings. The Morgan fingerprint density at radius 2 is 2.00 bits per heavy atom. The molecule has 0 aliphatic heterocycles. The first-order valence-electron chi connectivity index (χ1n) is 8.18. The van der Waals surface area contributed by atoms with Gasteiger partial charge in [0.05, 0.1) is 11.4 Å². The number of nitrogens with one attached hydrogen (secondary N) is 1. The molecule has 0 bridgehead atoms. The molecule has 1 saturated carbocycles. The molecule has 3 rings (SSSR count). The number of hydrogen-bond donors (Lipinski definition) is 1. The lowest BCUT2D eigenvalue weighted by molar-refractivity contribution is -0.118. The summed E-state index contributed by atoms with van der Waals surface area (Å²) in [5, 5.41) is 8.06. The summed E-state index contributed by atoms with van der Waals surface area (Å²) in [4.78, 5) is 16.2. The lowest BCUT2D eigenvalue weighted by Crippen LogP contribution is -2.31. The molecule has 5 nitrogen and oxygen atoms in total. The number of thioether (sulfide) groups is 1. The fraction of sp³-hybridized carbons (Fsp3) is 0.471. The van der Waals surface area contributed by atoms with Crippen LogP contribution in [0.5, 0.6) is 0 Å². The van der Waals surface area contributed by atoms with Crippen LogP contribution in [0.25, 0.3) is 5.69 Å². The maximum absolute atomic E-state index is 11.9. The van der Waals surface area contributed by atoms with E-state index in [1.165, 1.54) is 43.9 Å². The van der Waals surface area contributed by atoms with E-state index in [1.807, 2.05) is 30.3 Å². The van der Waals surface area contributed by atoms with Gasteiger partial charge in [0.1, 0.15) is 6.33 Å². The molecule has 23 heavy (non-hydrogen) atoms. The summed E-state index contributed by atoms with van der Waals surface area (Å²) >= 11 is 1.38. The zero-order chi connectivity index (χ0) is 15.9. The van der Waals surface area contributed by atoms with Crippen molar-refractivity contribution in [2.45, 2.75) is 37.3 Å². The third-order valence-electron chi connectivity index (χ3n) is 4.14. The van der Waals surface area contributed by atoms with Crippen LogP contribution < -0.4 is 5.32 Å². The molecular weight excluding hydrogens is 308 g/mol. The number of carbonyl (C=O) groups is 1. The maximum Gasteiger partial charge on any atom is 0.230 e. The minimum Gasteiger partial charge on any atom is -0.355 e. The highest BCUT2D eigenvalue weighted by Crippen LogP contribution is 2.22. The van der Waals surface area contributed by atoms with E-state index >= 15 is 0 Å². The van der Waals surface area contributed by atoms with E-state index in [0.29, 0.717) is 16.8 Å². The summed E-state index contributed by atoms with van der Waals surface area (Å²) < 4.78 is 1.72. The van der Waals surface area contributed by atoms with Crippen LogP contribution >= 0.6 is 11.8 Å². The molecular formula is C17H22N4OS. The smallest absolute Gasteiger partial charge is 0.230 e. The molecule has 1 aromatic carbocycles. The van der Waals surface area contributed by atoms with Crippen molar-refractivity contribution in [3.8, 4) is 5.69 Å². The highest BCUT2D eigenvalue weighted by atomic mass is 32.2. The topological polar surface area (TPSA) is 59.8 Å². The van der Waals surface area contributed by atoms with Crippen molar-refractivity contribution in [3.05, 3.63) is 36.7 Å². The predicted molar refractivity (Wildman–Crippen MR) is 91.7 cm³/mol. The Hall–Kier alpha value is -1.82.